The molecule has 0 aromatic heterocycles. The second kappa shape index (κ2) is 4.25. The largest absolute Gasteiger partial charge is 0.468 e. The summed E-state index contributed by atoms with van der Waals surface area (Å²) in [6, 6.07) is 0. The van der Waals surface area contributed by atoms with Crippen LogP contribution in [0.5, 0.6) is 0 Å². The zero-order valence-corrected chi connectivity index (χ0v) is 10.6. The Morgan fingerprint density at radius 1 is 1.50 bits per heavy atom. The van der Waals surface area contributed by atoms with Gasteiger partial charge in [-0.05, 0) is 12.8 Å². The highest BCUT2D eigenvalue weighted by atomic mass is 35.6. The van der Waals surface area contributed by atoms with Crippen LogP contribution in [-0.2, 0) is 9.53 Å². The van der Waals surface area contributed by atoms with Crippen LogP contribution < -0.4 is 0 Å². The summed E-state index contributed by atoms with van der Waals surface area (Å²) in [4.78, 5) is 10.3. The topological polar surface area (TPSA) is 26.3 Å². The minimum Gasteiger partial charge on any atom is -0.468 e. The minimum absolute atomic E-state index is 0.486. The molecule has 0 radical (unpaired) electrons. The Labute approximate surface area is 103 Å². The van der Waals surface area contributed by atoms with Gasteiger partial charge in [-0.1, -0.05) is 41.2 Å². The van der Waals surface area contributed by atoms with Crippen molar-refractivity contribution in [1.82, 2.24) is 0 Å². The second-order valence-electron chi connectivity index (χ2n) is 3.34. The van der Waals surface area contributed by atoms with Crippen LogP contribution >= 0.6 is 46.4 Å². The lowest BCUT2D eigenvalue weighted by molar-refractivity contribution is -0.144. The summed E-state index contributed by atoms with van der Waals surface area (Å²) in [5.41, 5.74) is 0. The Hall–Kier alpha value is 0.630. The quantitative estimate of drug-likeness (QED) is 0.544. The first-order valence-corrected chi connectivity index (χ1v) is 5.67. The maximum absolute atomic E-state index is 11.5. The standard InChI is InChI=1S/C8H10Cl4O2/c1-14-6(13)7(9)4-2-3-5(7)8(10,11)12/h5H,2-4H2,1H3. The molecule has 1 aliphatic rings. The molecule has 2 unspecified atom stereocenters. The van der Waals surface area contributed by atoms with Gasteiger partial charge in [0.25, 0.3) is 0 Å². The number of rotatable bonds is 1. The number of esters is 1. The van der Waals surface area contributed by atoms with Gasteiger partial charge in [0.1, 0.15) is 4.87 Å². The average Bonchev–Trinajstić information content (AvgIpc) is 2.46. The Morgan fingerprint density at radius 2 is 2.07 bits per heavy atom. The SMILES string of the molecule is COC(=O)C1(Cl)CCCC1C(Cl)(Cl)Cl. The first kappa shape index (κ1) is 12.7. The van der Waals surface area contributed by atoms with Crippen molar-refractivity contribution in [3.63, 3.8) is 0 Å². The summed E-state index contributed by atoms with van der Waals surface area (Å²) < 4.78 is 3.09. The summed E-state index contributed by atoms with van der Waals surface area (Å²) >= 11 is 23.4. The van der Waals surface area contributed by atoms with E-state index in [9.17, 15) is 4.79 Å². The first-order valence-electron chi connectivity index (χ1n) is 4.16. The molecule has 0 amide bonds. The number of hydrogen-bond acceptors (Lipinski definition) is 2. The van der Waals surface area contributed by atoms with Gasteiger partial charge >= 0.3 is 5.97 Å². The molecule has 0 saturated heterocycles. The molecule has 0 aliphatic heterocycles. The smallest absolute Gasteiger partial charge is 0.327 e. The van der Waals surface area contributed by atoms with Crippen LogP contribution in [-0.4, -0.2) is 21.7 Å². The van der Waals surface area contributed by atoms with E-state index in [0.717, 1.165) is 6.42 Å². The predicted octanol–water partition coefficient (Wildman–Crippen LogP) is 3.31. The second-order valence-corrected chi connectivity index (χ2v) is 6.38. The van der Waals surface area contributed by atoms with Crippen molar-refractivity contribution < 1.29 is 9.53 Å². The third-order valence-electron chi connectivity index (χ3n) is 2.51. The summed E-state index contributed by atoms with van der Waals surface area (Å²) in [7, 11) is 1.28. The molecule has 1 fully saturated rings. The molecular formula is C8H10Cl4O2. The van der Waals surface area contributed by atoms with Gasteiger partial charge in [-0.3, -0.25) is 4.79 Å². The molecule has 0 heterocycles. The molecule has 0 spiro atoms. The van der Waals surface area contributed by atoms with Crippen molar-refractivity contribution in [3.8, 4) is 0 Å². The van der Waals surface area contributed by atoms with Gasteiger partial charge in [0.2, 0.25) is 0 Å². The van der Waals surface area contributed by atoms with E-state index in [-0.39, 0.29) is 0 Å². The molecule has 0 bridgehead atoms. The van der Waals surface area contributed by atoms with Crippen LogP contribution in [0.3, 0.4) is 0 Å². The fourth-order valence-corrected chi connectivity index (χ4v) is 3.34. The van der Waals surface area contributed by atoms with E-state index >= 15 is 0 Å². The molecule has 2 nitrogen and oxygen atoms in total. The maximum atomic E-state index is 11.5. The highest BCUT2D eigenvalue weighted by molar-refractivity contribution is 6.68. The highest BCUT2D eigenvalue weighted by Crippen LogP contribution is 2.53. The molecule has 0 aromatic carbocycles. The molecule has 14 heavy (non-hydrogen) atoms. The van der Waals surface area contributed by atoms with Gasteiger partial charge in [-0.2, -0.15) is 0 Å². The predicted molar refractivity (Wildman–Crippen MR) is 58.2 cm³/mol. The van der Waals surface area contributed by atoms with E-state index in [4.69, 9.17) is 46.4 Å². The number of alkyl halides is 4. The molecule has 1 saturated carbocycles. The van der Waals surface area contributed by atoms with E-state index in [0.29, 0.717) is 12.8 Å². The third-order valence-corrected chi connectivity index (χ3v) is 3.90. The van der Waals surface area contributed by atoms with Crippen LogP contribution in [0, 0.1) is 5.92 Å². The van der Waals surface area contributed by atoms with E-state index in [1.807, 2.05) is 0 Å². The van der Waals surface area contributed by atoms with Crippen molar-refractivity contribution >= 4 is 52.4 Å². The van der Waals surface area contributed by atoms with Crippen LogP contribution in [0.1, 0.15) is 19.3 Å². The lowest BCUT2D eigenvalue weighted by atomic mass is 9.96. The van der Waals surface area contributed by atoms with Crippen molar-refractivity contribution in [3.05, 3.63) is 0 Å². The fraction of sp³-hybridized carbons (Fsp3) is 0.875. The number of hydrogen-bond donors (Lipinski definition) is 0. The summed E-state index contributed by atoms with van der Waals surface area (Å²) in [5.74, 6) is -1.01. The molecule has 1 aliphatic carbocycles. The summed E-state index contributed by atoms with van der Waals surface area (Å²) in [5, 5.41) is 0. The molecule has 82 valence electrons. The fourth-order valence-electron chi connectivity index (χ4n) is 1.80. The third kappa shape index (κ3) is 2.24. The average molecular weight is 280 g/mol. The number of carbonyl (C=O) groups is 1. The monoisotopic (exact) mass is 278 g/mol. The minimum atomic E-state index is -1.52. The Balaban J connectivity index is 2.92. The summed E-state index contributed by atoms with van der Waals surface area (Å²) in [6.45, 7) is 0. The van der Waals surface area contributed by atoms with Crippen molar-refractivity contribution in [2.24, 2.45) is 5.92 Å². The first-order chi connectivity index (χ1) is 6.32. The van der Waals surface area contributed by atoms with Gasteiger partial charge in [0, 0.05) is 5.92 Å². The van der Waals surface area contributed by atoms with Gasteiger partial charge in [0.15, 0.2) is 3.79 Å². The molecule has 1 rings (SSSR count). The number of methoxy groups -OCH3 is 1. The van der Waals surface area contributed by atoms with Gasteiger partial charge < -0.3 is 4.74 Å². The van der Waals surface area contributed by atoms with Gasteiger partial charge in [-0.15, -0.1) is 11.6 Å². The van der Waals surface area contributed by atoms with E-state index < -0.39 is 20.6 Å². The Kier molecular flexibility index (Phi) is 3.85. The number of halogens is 4. The van der Waals surface area contributed by atoms with Gasteiger partial charge in [-0.25, -0.2) is 0 Å². The maximum Gasteiger partial charge on any atom is 0.327 e. The van der Waals surface area contributed by atoms with Gasteiger partial charge in [0.05, 0.1) is 7.11 Å². The zero-order valence-electron chi connectivity index (χ0n) is 7.53. The van der Waals surface area contributed by atoms with Crippen LogP contribution in [0.15, 0.2) is 0 Å². The molecule has 2 atom stereocenters. The van der Waals surface area contributed by atoms with E-state index in [1.165, 1.54) is 7.11 Å². The number of carbonyl (C=O) groups excluding carboxylic acids is 1. The Bertz CT molecular complexity index is 238. The van der Waals surface area contributed by atoms with Crippen LogP contribution in [0.25, 0.3) is 0 Å². The molecule has 6 heteroatoms. The lowest BCUT2D eigenvalue weighted by Gasteiger charge is -2.30. The van der Waals surface area contributed by atoms with Crippen molar-refractivity contribution in [2.45, 2.75) is 27.9 Å². The van der Waals surface area contributed by atoms with Crippen molar-refractivity contribution in [1.29, 1.82) is 0 Å². The van der Waals surface area contributed by atoms with Crippen molar-refractivity contribution in [2.75, 3.05) is 7.11 Å². The molecular weight excluding hydrogens is 270 g/mol. The Morgan fingerprint density at radius 3 is 2.50 bits per heavy atom. The highest BCUT2D eigenvalue weighted by Gasteiger charge is 2.56. The van der Waals surface area contributed by atoms with E-state index in [2.05, 4.69) is 4.74 Å². The lowest BCUT2D eigenvalue weighted by Crippen LogP contribution is -2.43. The number of ether oxygens (including phenoxy) is 1. The normalized spacial score (nSPS) is 33.1. The molecule has 0 N–H and O–H groups in total. The van der Waals surface area contributed by atoms with Crippen LogP contribution in [0.2, 0.25) is 0 Å². The van der Waals surface area contributed by atoms with Crippen LogP contribution in [0.4, 0.5) is 0 Å². The summed E-state index contributed by atoms with van der Waals surface area (Å²) in [6.07, 6.45) is 1.87. The zero-order chi connectivity index (χ0) is 11.0. The van der Waals surface area contributed by atoms with E-state index in [1.54, 1.807) is 0 Å². The molecule has 0 aromatic rings.